The predicted octanol–water partition coefficient (Wildman–Crippen LogP) is 2.88. The molecule has 0 aliphatic carbocycles. The van der Waals surface area contributed by atoms with Gasteiger partial charge < -0.3 is 5.11 Å². The Morgan fingerprint density at radius 2 is 1.92 bits per heavy atom. The molecule has 6 nitrogen and oxygen atoms in total. The summed E-state index contributed by atoms with van der Waals surface area (Å²) in [6, 6.07) is 7.49. The van der Waals surface area contributed by atoms with Gasteiger partial charge >= 0.3 is 5.97 Å². The average molecular weight is 367 g/mol. The average Bonchev–Trinajstić information content (AvgIpc) is 3.10. The molecule has 0 bridgehead atoms. The number of carboxylic acids is 1. The molecule has 0 atom stereocenters. The van der Waals surface area contributed by atoms with Gasteiger partial charge in [-0.15, -0.1) is 0 Å². The zero-order chi connectivity index (χ0) is 17.3. The molecular formula is C16H15ClN2O4S. The molecule has 1 aromatic heterocycles. The van der Waals surface area contributed by atoms with E-state index >= 15 is 0 Å². The maximum atomic E-state index is 12.7. The van der Waals surface area contributed by atoms with Crippen molar-refractivity contribution in [1.29, 1.82) is 0 Å². The number of aromatic carboxylic acids is 1. The maximum Gasteiger partial charge on any atom is 0.336 e. The van der Waals surface area contributed by atoms with Crippen LogP contribution in [0.5, 0.6) is 0 Å². The number of aromatic nitrogens is 1. The van der Waals surface area contributed by atoms with Crippen molar-refractivity contribution in [2.75, 3.05) is 13.1 Å². The molecule has 0 unspecified atom stereocenters. The first-order valence-electron chi connectivity index (χ1n) is 7.39. The number of hydrogen-bond acceptors (Lipinski definition) is 4. The van der Waals surface area contributed by atoms with Crippen LogP contribution in [0.2, 0.25) is 5.15 Å². The van der Waals surface area contributed by atoms with E-state index in [1.165, 1.54) is 28.7 Å². The third-order valence-electron chi connectivity index (χ3n) is 3.95. The first-order chi connectivity index (χ1) is 11.4. The molecule has 1 aromatic carbocycles. The van der Waals surface area contributed by atoms with Gasteiger partial charge in [0.1, 0.15) is 5.15 Å². The summed E-state index contributed by atoms with van der Waals surface area (Å²) in [5, 5.41) is 9.41. The second-order valence-corrected chi connectivity index (χ2v) is 7.82. The molecule has 24 heavy (non-hydrogen) atoms. The van der Waals surface area contributed by atoms with E-state index in [4.69, 9.17) is 11.6 Å². The highest BCUT2D eigenvalue weighted by Gasteiger charge is 2.27. The van der Waals surface area contributed by atoms with Gasteiger partial charge in [0.2, 0.25) is 10.0 Å². The van der Waals surface area contributed by atoms with Gasteiger partial charge in [0.25, 0.3) is 0 Å². The van der Waals surface area contributed by atoms with Crippen LogP contribution in [0.4, 0.5) is 0 Å². The van der Waals surface area contributed by atoms with Crippen LogP contribution in [0.3, 0.4) is 0 Å². The second kappa shape index (κ2) is 6.51. The van der Waals surface area contributed by atoms with Gasteiger partial charge in [-0.2, -0.15) is 4.31 Å². The van der Waals surface area contributed by atoms with Crippen molar-refractivity contribution in [1.82, 2.24) is 9.29 Å². The number of pyridine rings is 1. The summed E-state index contributed by atoms with van der Waals surface area (Å²) in [4.78, 5) is 15.5. The highest BCUT2D eigenvalue weighted by atomic mass is 35.5. The minimum atomic E-state index is -3.57. The number of rotatable bonds is 4. The van der Waals surface area contributed by atoms with E-state index in [1.54, 1.807) is 12.1 Å². The number of benzene rings is 1. The van der Waals surface area contributed by atoms with Crippen molar-refractivity contribution in [3.63, 3.8) is 0 Å². The summed E-state index contributed by atoms with van der Waals surface area (Å²) in [6.45, 7) is 1.02. The van der Waals surface area contributed by atoms with E-state index in [2.05, 4.69) is 4.98 Å². The first kappa shape index (κ1) is 16.9. The van der Waals surface area contributed by atoms with Crippen molar-refractivity contribution in [3.05, 3.63) is 47.2 Å². The van der Waals surface area contributed by atoms with Crippen LogP contribution in [0, 0.1) is 0 Å². The van der Waals surface area contributed by atoms with Crippen molar-refractivity contribution in [2.45, 2.75) is 17.7 Å². The monoisotopic (exact) mass is 366 g/mol. The molecule has 3 rings (SSSR count). The second-order valence-electron chi connectivity index (χ2n) is 5.50. The van der Waals surface area contributed by atoms with E-state index in [9.17, 15) is 18.3 Å². The minimum absolute atomic E-state index is 0.0225. The van der Waals surface area contributed by atoms with E-state index in [0.717, 1.165) is 12.8 Å². The molecule has 2 heterocycles. The molecule has 8 heteroatoms. The molecule has 1 N–H and O–H groups in total. The predicted molar refractivity (Wildman–Crippen MR) is 89.6 cm³/mol. The molecule has 1 saturated heterocycles. The fourth-order valence-corrected chi connectivity index (χ4v) is 4.46. The summed E-state index contributed by atoms with van der Waals surface area (Å²) in [6.07, 6.45) is 3.04. The zero-order valence-corrected chi connectivity index (χ0v) is 14.2. The van der Waals surface area contributed by atoms with E-state index < -0.39 is 16.0 Å². The number of nitrogens with zero attached hydrogens (tertiary/aromatic N) is 2. The lowest BCUT2D eigenvalue weighted by molar-refractivity contribution is 0.0697. The highest BCUT2D eigenvalue weighted by Crippen LogP contribution is 2.29. The Balaban J connectivity index is 2.08. The number of halogens is 1. The third kappa shape index (κ3) is 3.15. The summed E-state index contributed by atoms with van der Waals surface area (Å²) in [5.41, 5.74) is 0.771. The zero-order valence-electron chi connectivity index (χ0n) is 12.6. The maximum absolute atomic E-state index is 12.7. The Morgan fingerprint density at radius 1 is 1.21 bits per heavy atom. The van der Waals surface area contributed by atoms with Gasteiger partial charge in [-0.25, -0.2) is 18.2 Å². The smallest absolute Gasteiger partial charge is 0.336 e. The normalized spacial score (nSPS) is 15.5. The number of carboxylic acid groups (broad SMARTS) is 1. The molecule has 1 aliphatic heterocycles. The number of sulfonamides is 1. The van der Waals surface area contributed by atoms with Gasteiger partial charge in [-0.1, -0.05) is 23.7 Å². The summed E-state index contributed by atoms with van der Waals surface area (Å²) in [7, 11) is -3.57. The van der Waals surface area contributed by atoms with E-state index in [-0.39, 0.29) is 15.6 Å². The lowest BCUT2D eigenvalue weighted by atomic mass is 10.0. The van der Waals surface area contributed by atoms with Gasteiger partial charge in [0.15, 0.2) is 0 Å². The largest absolute Gasteiger partial charge is 0.478 e. The fourth-order valence-electron chi connectivity index (χ4n) is 2.74. The lowest BCUT2D eigenvalue weighted by Gasteiger charge is -2.16. The van der Waals surface area contributed by atoms with Crippen molar-refractivity contribution >= 4 is 27.6 Å². The summed E-state index contributed by atoms with van der Waals surface area (Å²) in [5.74, 6) is -1.15. The van der Waals surface area contributed by atoms with Crippen LogP contribution in [0.15, 0.2) is 41.4 Å². The number of carbonyl (C=O) groups is 1. The van der Waals surface area contributed by atoms with Crippen LogP contribution in [0.25, 0.3) is 11.1 Å². The molecule has 1 fully saturated rings. The van der Waals surface area contributed by atoms with Gasteiger partial charge in [0.05, 0.1) is 10.5 Å². The van der Waals surface area contributed by atoms with Crippen LogP contribution >= 0.6 is 11.6 Å². The molecule has 2 aromatic rings. The molecule has 0 saturated carbocycles. The quantitative estimate of drug-likeness (QED) is 0.840. The summed E-state index contributed by atoms with van der Waals surface area (Å²) >= 11 is 5.76. The molecule has 1 aliphatic rings. The van der Waals surface area contributed by atoms with Crippen molar-refractivity contribution in [3.8, 4) is 11.1 Å². The topological polar surface area (TPSA) is 87.6 Å². The fraction of sp³-hybridized carbons (Fsp3) is 0.250. The van der Waals surface area contributed by atoms with Gasteiger partial charge in [-0.05, 0) is 36.6 Å². The van der Waals surface area contributed by atoms with Crippen LogP contribution in [-0.2, 0) is 10.0 Å². The van der Waals surface area contributed by atoms with Crippen LogP contribution in [-0.4, -0.2) is 41.9 Å². The molecular weight excluding hydrogens is 352 g/mol. The number of hydrogen-bond donors (Lipinski definition) is 1. The molecule has 0 amide bonds. The Morgan fingerprint density at radius 3 is 2.58 bits per heavy atom. The van der Waals surface area contributed by atoms with Gasteiger partial charge in [0, 0.05) is 24.8 Å². The molecule has 0 spiro atoms. The van der Waals surface area contributed by atoms with Gasteiger partial charge in [-0.3, -0.25) is 0 Å². The Labute approximate surface area is 144 Å². The van der Waals surface area contributed by atoms with E-state index in [1.807, 2.05) is 0 Å². The SMILES string of the molecule is O=C(O)c1cc(Cl)ncc1-c1cccc(S(=O)(=O)N2CCCC2)c1. The lowest BCUT2D eigenvalue weighted by Crippen LogP contribution is -2.27. The van der Waals surface area contributed by atoms with Crippen LogP contribution in [0.1, 0.15) is 23.2 Å². The Kier molecular flexibility index (Phi) is 4.58. The highest BCUT2D eigenvalue weighted by molar-refractivity contribution is 7.89. The third-order valence-corrected chi connectivity index (χ3v) is 6.05. The molecule has 0 radical (unpaired) electrons. The summed E-state index contributed by atoms with van der Waals surface area (Å²) < 4.78 is 26.8. The van der Waals surface area contributed by atoms with Crippen molar-refractivity contribution < 1.29 is 18.3 Å². The minimum Gasteiger partial charge on any atom is -0.478 e. The van der Waals surface area contributed by atoms with E-state index in [0.29, 0.717) is 24.2 Å². The Hall–Kier alpha value is -1.96. The van der Waals surface area contributed by atoms with Crippen LogP contribution < -0.4 is 0 Å². The molecule has 126 valence electrons. The standard InChI is InChI=1S/C16H15ClN2O4S/c17-15-9-13(16(20)21)14(10-18-15)11-4-3-5-12(8-11)24(22,23)19-6-1-2-7-19/h3-5,8-10H,1-2,6-7H2,(H,20,21). The Bertz CT molecular complexity index is 893. The first-order valence-corrected chi connectivity index (χ1v) is 9.21. The van der Waals surface area contributed by atoms with Crippen molar-refractivity contribution in [2.24, 2.45) is 0 Å².